The second-order valence-electron chi connectivity index (χ2n) is 7.35. The van der Waals surface area contributed by atoms with E-state index in [-0.39, 0.29) is 6.10 Å². The van der Waals surface area contributed by atoms with Crippen LogP contribution in [0.1, 0.15) is 12.0 Å². The van der Waals surface area contributed by atoms with Crippen molar-refractivity contribution in [3.8, 4) is 5.75 Å². The van der Waals surface area contributed by atoms with Crippen LogP contribution in [0.4, 0.5) is 0 Å². The van der Waals surface area contributed by atoms with Gasteiger partial charge in [0.05, 0.1) is 26.4 Å². The molecule has 0 aromatic heterocycles. The monoisotopic (exact) mass is 363 g/mol. The van der Waals surface area contributed by atoms with Crippen LogP contribution in [0.5, 0.6) is 5.75 Å². The van der Waals surface area contributed by atoms with Crippen LogP contribution in [-0.4, -0.2) is 98.6 Å². The number of methoxy groups -OCH3 is 1. The van der Waals surface area contributed by atoms with E-state index in [9.17, 15) is 5.11 Å². The maximum Gasteiger partial charge on any atom is 0.118 e. The lowest BCUT2D eigenvalue weighted by Crippen LogP contribution is -2.45. The Hall–Kier alpha value is -1.18. The van der Waals surface area contributed by atoms with E-state index in [1.165, 1.54) is 5.56 Å². The van der Waals surface area contributed by atoms with Gasteiger partial charge in [0.15, 0.2) is 0 Å². The molecule has 1 aromatic carbocycles. The molecule has 3 rings (SSSR count). The second-order valence-corrected chi connectivity index (χ2v) is 7.35. The van der Waals surface area contributed by atoms with Crippen LogP contribution < -0.4 is 4.74 Å². The van der Waals surface area contributed by atoms with Crippen molar-refractivity contribution in [2.24, 2.45) is 0 Å². The Bertz CT molecular complexity index is 520. The minimum atomic E-state index is -0.277. The number of aliphatic hydroxyl groups is 1. The molecule has 0 radical (unpaired) electrons. The lowest BCUT2D eigenvalue weighted by molar-refractivity contribution is 0.00720. The van der Waals surface area contributed by atoms with E-state index in [1.54, 1.807) is 7.11 Å². The first-order valence-electron chi connectivity index (χ1n) is 9.79. The van der Waals surface area contributed by atoms with Crippen LogP contribution in [0.15, 0.2) is 24.3 Å². The summed E-state index contributed by atoms with van der Waals surface area (Å²) in [5.41, 5.74) is 1.33. The van der Waals surface area contributed by atoms with Crippen molar-refractivity contribution in [2.75, 3.05) is 72.7 Å². The van der Waals surface area contributed by atoms with Gasteiger partial charge in [-0.3, -0.25) is 14.7 Å². The Labute approximate surface area is 157 Å². The molecule has 6 nitrogen and oxygen atoms in total. The molecule has 1 unspecified atom stereocenters. The summed E-state index contributed by atoms with van der Waals surface area (Å²) in [4.78, 5) is 7.23. The normalized spacial score (nSPS) is 22.1. The van der Waals surface area contributed by atoms with Crippen molar-refractivity contribution >= 4 is 0 Å². The van der Waals surface area contributed by atoms with E-state index in [1.807, 2.05) is 12.1 Å². The molecule has 2 aliphatic heterocycles. The first-order valence-corrected chi connectivity index (χ1v) is 9.79. The number of aliphatic hydroxyl groups excluding tert-OH is 1. The Morgan fingerprint density at radius 3 is 2.23 bits per heavy atom. The molecule has 0 amide bonds. The molecule has 1 aromatic rings. The van der Waals surface area contributed by atoms with E-state index in [4.69, 9.17) is 9.47 Å². The lowest BCUT2D eigenvalue weighted by atomic mass is 10.2. The van der Waals surface area contributed by atoms with Gasteiger partial charge < -0.3 is 14.6 Å². The van der Waals surface area contributed by atoms with Crippen molar-refractivity contribution in [1.82, 2.24) is 14.7 Å². The van der Waals surface area contributed by atoms with Crippen molar-refractivity contribution in [1.29, 1.82) is 0 Å². The Balaban J connectivity index is 1.40. The molecule has 1 atom stereocenters. The summed E-state index contributed by atoms with van der Waals surface area (Å²) in [5, 5.41) is 10.4. The van der Waals surface area contributed by atoms with Gasteiger partial charge in [0.25, 0.3) is 0 Å². The van der Waals surface area contributed by atoms with Crippen LogP contribution in [0.2, 0.25) is 0 Å². The molecule has 2 saturated heterocycles. The highest BCUT2D eigenvalue weighted by Crippen LogP contribution is 2.14. The molecule has 0 spiro atoms. The number of benzene rings is 1. The summed E-state index contributed by atoms with van der Waals surface area (Å²) in [7, 11) is 1.70. The summed E-state index contributed by atoms with van der Waals surface area (Å²) in [6.07, 6.45) is 0.877. The number of hydrogen-bond acceptors (Lipinski definition) is 6. The zero-order valence-corrected chi connectivity index (χ0v) is 16.0. The largest absolute Gasteiger partial charge is 0.497 e. The molecule has 1 N–H and O–H groups in total. The smallest absolute Gasteiger partial charge is 0.118 e. The number of nitrogens with zero attached hydrogens (tertiary/aromatic N) is 3. The maximum absolute atomic E-state index is 10.4. The van der Waals surface area contributed by atoms with Crippen molar-refractivity contribution in [2.45, 2.75) is 19.1 Å². The minimum Gasteiger partial charge on any atom is -0.497 e. The fraction of sp³-hybridized carbons (Fsp3) is 0.700. The number of ether oxygens (including phenoxy) is 2. The van der Waals surface area contributed by atoms with Gasteiger partial charge in [-0.1, -0.05) is 12.1 Å². The summed E-state index contributed by atoms with van der Waals surface area (Å²) >= 11 is 0. The molecule has 0 bridgehead atoms. The van der Waals surface area contributed by atoms with Crippen LogP contribution in [-0.2, 0) is 11.3 Å². The topological polar surface area (TPSA) is 48.4 Å². The summed E-state index contributed by atoms with van der Waals surface area (Å²) in [6.45, 7) is 10.2. The third-order valence-electron chi connectivity index (χ3n) is 5.29. The molecule has 2 fully saturated rings. The molecule has 146 valence electrons. The average molecular weight is 364 g/mol. The quantitative estimate of drug-likeness (QED) is 0.777. The van der Waals surface area contributed by atoms with Crippen LogP contribution in [0.25, 0.3) is 0 Å². The van der Waals surface area contributed by atoms with Gasteiger partial charge in [0.2, 0.25) is 0 Å². The van der Waals surface area contributed by atoms with E-state index in [0.717, 1.165) is 84.3 Å². The fourth-order valence-corrected chi connectivity index (χ4v) is 3.79. The summed E-state index contributed by atoms with van der Waals surface area (Å²) < 4.78 is 10.6. The molecular weight excluding hydrogens is 330 g/mol. The molecule has 2 heterocycles. The highest BCUT2D eigenvalue weighted by Gasteiger charge is 2.20. The van der Waals surface area contributed by atoms with E-state index in [2.05, 4.69) is 26.8 Å². The third-order valence-corrected chi connectivity index (χ3v) is 5.29. The van der Waals surface area contributed by atoms with Gasteiger partial charge in [0, 0.05) is 45.8 Å². The van der Waals surface area contributed by atoms with Crippen LogP contribution in [0.3, 0.4) is 0 Å². The Morgan fingerprint density at radius 2 is 1.54 bits per heavy atom. The van der Waals surface area contributed by atoms with Gasteiger partial charge in [-0.05, 0) is 37.2 Å². The van der Waals surface area contributed by atoms with Crippen molar-refractivity contribution < 1.29 is 14.6 Å². The predicted octanol–water partition coefficient (Wildman–Crippen LogP) is 0.896. The summed E-state index contributed by atoms with van der Waals surface area (Å²) in [6, 6.07) is 8.35. The lowest BCUT2D eigenvalue weighted by Gasteiger charge is -2.30. The molecular formula is C20H33N3O3. The first-order chi connectivity index (χ1) is 12.7. The van der Waals surface area contributed by atoms with Gasteiger partial charge in [-0.2, -0.15) is 0 Å². The highest BCUT2D eigenvalue weighted by atomic mass is 16.5. The first kappa shape index (κ1) is 19.6. The maximum atomic E-state index is 10.4. The standard InChI is InChI=1S/C20H33N3O3/c1-25-20-5-3-18(4-6-20)15-21-7-2-8-22(10-9-21)16-19(24)17-23-11-13-26-14-12-23/h3-6,19,24H,2,7-17H2,1H3. The number of rotatable bonds is 7. The third kappa shape index (κ3) is 6.21. The fourth-order valence-electron chi connectivity index (χ4n) is 3.79. The number of β-amino-alcohol motifs (C(OH)–C–C–N with tert-alkyl or cyclic N) is 1. The molecule has 0 aliphatic carbocycles. The molecule has 6 heteroatoms. The van der Waals surface area contributed by atoms with Gasteiger partial charge >= 0.3 is 0 Å². The number of morpholine rings is 1. The van der Waals surface area contributed by atoms with E-state index < -0.39 is 0 Å². The second kappa shape index (κ2) is 10.2. The van der Waals surface area contributed by atoms with Gasteiger partial charge in [-0.25, -0.2) is 0 Å². The van der Waals surface area contributed by atoms with E-state index in [0.29, 0.717) is 0 Å². The molecule has 26 heavy (non-hydrogen) atoms. The van der Waals surface area contributed by atoms with Gasteiger partial charge in [-0.15, -0.1) is 0 Å². The summed E-state index contributed by atoms with van der Waals surface area (Å²) in [5.74, 6) is 0.907. The minimum absolute atomic E-state index is 0.277. The molecule has 0 saturated carbocycles. The number of hydrogen-bond donors (Lipinski definition) is 1. The average Bonchev–Trinajstić information content (AvgIpc) is 2.88. The zero-order valence-electron chi connectivity index (χ0n) is 16.0. The van der Waals surface area contributed by atoms with Crippen LogP contribution >= 0.6 is 0 Å². The Morgan fingerprint density at radius 1 is 0.923 bits per heavy atom. The van der Waals surface area contributed by atoms with Crippen LogP contribution in [0, 0.1) is 0 Å². The van der Waals surface area contributed by atoms with E-state index >= 15 is 0 Å². The van der Waals surface area contributed by atoms with Gasteiger partial charge in [0.1, 0.15) is 5.75 Å². The SMILES string of the molecule is COc1ccc(CN2CCCN(CC(O)CN3CCOCC3)CC2)cc1. The van der Waals surface area contributed by atoms with Crippen molar-refractivity contribution in [3.05, 3.63) is 29.8 Å². The Kier molecular flexibility index (Phi) is 7.70. The highest BCUT2D eigenvalue weighted by molar-refractivity contribution is 5.27. The predicted molar refractivity (Wildman–Crippen MR) is 103 cm³/mol. The zero-order chi connectivity index (χ0) is 18.2. The molecule has 2 aliphatic rings. The van der Waals surface area contributed by atoms with Crippen molar-refractivity contribution in [3.63, 3.8) is 0 Å².